The minimum Gasteiger partial charge on any atom is -0.380 e. The monoisotopic (exact) mass is 255 g/mol. The third kappa shape index (κ3) is 2.50. The molecule has 0 aliphatic heterocycles. The molecule has 3 rings (SSSR count). The Balaban J connectivity index is 1.60. The van der Waals surface area contributed by atoms with Crippen LogP contribution in [-0.4, -0.2) is 15.8 Å². The van der Waals surface area contributed by atoms with E-state index in [9.17, 15) is 0 Å². The van der Waals surface area contributed by atoms with E-state index < -0.39 is 0 Å². The van der Waals surface area contributed by atoms with Crippen molar-refractivity contribution < 1.29 is 0 Å². The molecule has 0 unspecified atom stereocenters. The summed E-state index contributed by atoms with van der Waals surface area (Å²) in [6, 6.07) is 9.49. The van der Waals surface area contributed by atoms with E-state index in [1.165, 1.54) is 29.7 Å². The van der Waals surface area contributed by atoms with Crippen molar-refractivity contribution in [3.05, 3.63) is 47.3 Å². The molecule has 1 aliphatic rings. The number of anilines is 1. The molecule has 0 spiro atoms. The molecule has 3 heteroatoms. The topological polar surface area (TPSA) is 29.9 Å². The van der Waals surface area contributed by atoms with Gasteiger partial charge in [-0.2, -0.15) is 5.10 Å². The smallest absolute Gasteiger partial charge is 0.0825 e. The van der Waals surface area contributed by atoms with E-state index in [1.54, 1.807) is 0 Å². The molecule has 1 aliphatic carbocycles. The van der Waals surface area contributed by atoms with Crippen LogP contribution in [0.1, 0.15) is 35.6 Å². The highest BCUT2D eigenvalue weighted by molar-refractivity contribution is 5.47. The molecule has 0 radical (unpaired) electrons. The molecular weight excluding hydrogens is 234 g/mol. The summed E-state index contributed by atoms with van der Waals surface area (Å²) < 4.78 is 1.87. The Morgan fingerprint density at radius 2 is 2.05 bits per heavy atom. The van der Waals surface area contributed by atoms with Crippen molar-refractivity contribution in [2.45, 2.75) is 38.6 Å². The quantitative estimate of drug-likeness (QED) is 0.911. The molecule has 1 N–H and O–H groups in total. The lowest BCUT2D eigenvalue weighted by molar-refractivity contribution is 0.374. The molecular formula is C16H21N3. The van der Waals surface area contributed by atoms with Gasteiger partial charge in [-0.15, -0.1) is 0 Å². The summed E-state index contributed by atoms with van der Waals surface area (Å²) >= 11 is 0. The zero-order chi connectivity index (χ0) is 13.4. The Morgan fingerprint density at radius 1 is 1.26 bits per heavy atom. The highest BCUT2D eigenvalue weighted by Crippen LogP contribution is 2.38. The van der Waals surface area contributed by atoms with Crippen LogP contribution < -0.4 is 5.32 Å². The molecule has 19 heavy (non-hydrogen) atoms. The molecule has 1 aromatic heterocycles. The molecule has 0 bridgehead atoms. The first kappa shape index (κ1) is 12.3. The molecule has 100 valence electrons. The third-order valence-corrected chi connectivity index (χ3v) is 4.02. The van der Waals surface area contributed by atoms with Gasteiger partial charge in [0.05, 0.1) is 11.4 Å². The lowest BCUT2D eigenvalue weighted by Gasteiger charge is -2.36. The van der Waals surface area contributed by atoms with Crippen molar-refractivity contribution in [3.63, 3.8) is 0 Å². The molecule has 1 saturated carbocycles. The fourth-order valence-electron chi connectivity index (χ4n) is 2.89. The van der Waals surface area contributed by atoms with Crippen LogP contribution >= 0.6 is 0 Å². The first-order valence-electron chi connectivity index (χ1n) is 6.95. The molecule has 1 heterocycles. The van der Waals surface area contributed by atoms with Crippen molar-refractivity contribution in [2.75, 3.05) is 5.32 Å². The summed E-state index contributed by atoms with van der Waals surface area (Å²) in [5.41, 5.74) is 5.11. The van der Waals surface area contributed by atoms with Crippen molar-refractivity contribution in [1.29, 1.82) is 0 Å². The second kappa shape index (κ2) is 4.72. The average Bonchev–Trinajstić information content (AvgIpc) is 2.61. The summed E-state index contributed by atoms with van der Waals surface area (Å²) in [4.78, 5) is 0. The normalized spacial score (nSPS) is 22.1. The van der Waals surface area contributed by atoms with Crippen LogP contribution in [0.3, 0.4) is 0 Å². The molecule has 1 aromatic carbocycles. The maximum Gasteiger partial charge on any atom is 0.0825 e. The number of hydrogen-bond acceptors (Lipinski definition) is 2. The van der Waals surface area contributed by atoms with Crippen LogP contribution in [0.5, 0.6) is 0 Å². The van der Waals surface area contributed by atoms with Crippen LogP contribution in [-0.2, 0) is 7.05 Å². The maximum atomic E-state index is 4.37. The molecule has 0 saturated heterocycles. The summed E-state index contributed by atoms with van der Waals surface area (Å²) in [5, 5.41) is 7.96. The highest BCUT2D eigenvalue weighted by atomic mass is 15.3. The van der Waals surface area contributed by atoms with Crippen LogP contribution in [0, 0.1) is 13.8 Å². The number of nitrogens with one attached hydrogen (secondary N) is 1. The fourth-order valence-corrected chi connectivity index (χ4v) is 2.89. The fraction of sp³-hybridized carbons (Fsp3) is 0.438. The van der Waals surface area contributed by atoms with Crippen LogP contribution in [0.4, 0.5) is 5.69 Å². The minimum atomic E-state index is 0.591. The van der Waals surface area contributed by atoms with Crippen molar-refractivity contribution in [2.24, 2.45) is 7.05 Å². The van der Waals surface area contributed by atoms with Gasteiger partial charge in [0.15, 0.2) is 0 Å². The number of rotatable bonds is 3. The van der Waals surface area contributed by atoms with Crippen LogP contribution in [0.2, 0.25) is 0 Å². The van der Waals surface area contributed by atoms with Gasteiger partial charge in [-0.25, -0.2) is 0 Å². The van der Waals surface area contributed by atoms with Gasteiger partial charge in [0, 0.05) is 19.3 Å². The molecule has 3 nitrogen and oxygen atoms in total. The van der Waals surface area contributed by atoms with Crippen molar-refractivity contribution >= 4 is 5.69 Å². The Morgan fingerprint density at radius 3 is 2.68 bits per heavy atom. The van der Waals surface area contributed by atoms with E-state index in [4.69, 9.17) is 0 Å². The van der Waals surface area contributed by atoms with Gasteiger partial charge in [0.1, 0.15) is 0 Å². The Bertz CT molecular complexity index is 579. The standard InChI is InChI=1S/C16H21N3/c1-11-5-4-6-13(7-11)14-8-15(9-14)17-16-10-19(3)18-12(16)2/h4-7,10,14-15,17H,8-9H2,1-3H3. The number of aromatic nitrogens is 2. The number of benzene rings is 1. The van der Waals surface area contributed by atoms with Crippen LogP contribution in [0.15, 0.2) is 30.5 Å². The summed E-state index contributed by atoms with van der Waals surface area (Å²) in [6.45, 7) is 4.22. The van der Waals surface area contributed by atoms with Gasteiger partial charge in [-0.05, 0) is 38.2 Å². The SMILES string of the molecule is Cc1cccc(C2CC(Nc3cn(C)nc3C)C2)c1. The largest absolute Gasteiger partial charge is 0.380 e. The second-order valence-corrected chi connectivity index (χ2v) is 5.73. The first-order valence-corrected chi connectivity index (χ1v) is 6.95. The average molecular weight is 255 g/mol. The second-order valence-electron chi connectivity index (χ2n) is 5.73. The first-order chi connectivity index (χ1) is 9.11. The molecule has 0 amide bonds. The Labute approximate surface area is 114 Å². The third-order valence-electron chi connectivity index (χ3n) is 4.02. The van der Waals surface area contributed by atoms with E-state index in [1.807, 2.05) is 11.7 Å². The number of nitrogens with zero attached hydrogens (tertiary/aromatic N) is 2. The highest BCUT2D eigenvalue weighted by Gasteiger charge is 2.30. The zero-order valence-electron chi connectivity index (χ0n) is 11.9. The van der Waals surface area contributed by atoms with Gasteiger partial charge in [-0.3, -0.25) is 4.68 Å². The number of aryl methyl sites for hydroxylation is 3. The van der Waals surface area contributed by atoms with Gasteiger partial charge in [0.2, 0.25) is 0 Å². The summed E-state index contributed by atoms with van der Waals surface area (Å²) in [7, 11) is 1.97. The van der Waals surface area contributed by atoms with Crippen molar-refractivity contribution in [3.8, 4) is 0 Å². The van der Waals surface area contributed by atoms with Gasteiger partial charge < -0.3 is 5.32 Å². The molecule has 2 aromatic rings. The maximum absolute atomic E-state index is 4.37. The van der Waals surface area contributed by atoms with E-state index in [2.05, 4.69) is 54.7 Å². The summed E-state index contributed by atoms with van der Waals surface area (Å²) in [6.07, 6.45) is 4.50. The predicted molar refractivity (Wildman–Crippen MR) is 78.5 cm³/mol. The Hall–Kier alpha value is -1.77. The van der Waals surface area contributed by atoms with E-state index in [0.29, 0.717) is 6.04 Å². The molecule has 0 atom stereocenters. The summed E-state index contributed by atoms with van der Waals surface area (Å²) in [5.74, 6) is 0.717. The van der Waals surface area contributed by atoms with Crippen LogP contribution in [0.25, 0.3) is 0 Å². The predicted octanol–water partition coefficient (Wildman–Crippen LogP) is 3.40. The van der Waals surface area contributed by atoms with Gasteiger partial charge in [-0.1, -0.05) is 29.8 Å². The lowest BCUT2D eigenvalue weighted by Crippen LogP contribution is -2.34. The zero-order valence-corrected chi connectivity index (χ0v) is 11.9. The molecule has 1 fully saturated rings. The Kier molecular flexibility index (Phi) is 3.05. The van der Waals surface area contributed by atoms with E-state index in [-0.39, 0.29) is 0 Å². The van der Waals surface area contributed by atoms with E-state index >= 15 is 0 Å². The van der Waals surface area contributed by atoms with E-state index in [0.717, 1.165) is 11.6 Å². The van der Waals surface area contributed by atoms with Crippen molar-refractivity contribution in [1.82, 2.24) is 9.78 Å². The number of hydrogen-bond donors (Lipinski definition) is 1. The minimum absolute atomic E-state index is 0.591. The lowest BCUT2D eigenvalue weighted by atomic mass is 9.75. The van der Waals surface area contributed by atoms with Gasteiger partial charge in [0.25, 0.3) is 0 Å². The van der Waals surface area contributed by atoms with Gasteiger partial charge >= 0.3 is 0 Å².